The fourth-order valence-corrected chi connectivity index (χ4v) is 3.40. The summed E-state index contributed by atoms with van der Waals surface area (Å²) in [5.41, 5.74) is 2.23. The summed E-state index contributed by atoms with van der Waals surface area (Å²) in [6.07, 6.45) is 0. The second kappa shape index (κ2) is 7.82. The summed E-state index contributed by atoms with van der Waals surface area (Å²) < 4.78 is 2.06. The van der Waals surface area contributed by atoms with Gasteiger partial charge in [-0.05, 0) is 38.7 Å². The van der Waals surface area contributed by atoms with E-state index in [9.17, 15) is 4.79 Å². The average Bonchev–Trinajstić information content (AvgIpc) is 2.93. The maximum Gasteiger partial charge on any atom is 0.230 e. The molecule has 1 heterocycles. The van der Waals surface area contributed by atoms with Crippen molar-refractivity contribution in [2.75, 3.05) is 5.75 Å². The Labute approximate surface area is 161 Å². The lowest BCUT2D eigenvalue weighted by molar-refractivity contribution is -0.119. The lowest BCUT2D eigenvalue weighted by Crippen LogP contribution is -2.41. The Morgan fingerprint density at radius 1 is 1.08 bits per heavy atom. The molecule has 1 aromatic heterocycles. The molecular formula is C20H30N4OS. The third-order valence-corrected chi connectivity index (χ3v) is 4.86. The number of rotatable bonds is 5. The van der Waals surface area contributed by atoms with Gasteiger partial charge in [0.05, 0.1) is 5.75 Å². The number of amides is 1. The average molecular weight is 375 g/mol. The third kappa shape index (κ3) is 5.34. The fourth-order valence-electron chi connectivity index (χ4n) is 2.60. The number of thioether (sulfide) groups is 1. The van der Waals surface area contributed by atoms with Crippen LogP contribution in [0.15, 0.2) is 29.4 Å². The van der Waals surface area contributed by atoms with E-state index in [2.05, 4.69) is 72.0 Å². The molecule has 0 aliphatic rings. The number of nitrogens with one attached hydrogen (secondary N) is 1. The molecule has 1 N–H and O–H groups in total. The van der Waals surface area contributed by atoms with Gasteiger partial charge in [-0.1, -0.05) is 56.8 Å². The van der Waals surface area contributed by atoms with Crippen molar-refractivity contribution >= 4 is 17.7 Å². The van der Waals surface area contributed by atoms with Crippen LogP contribution in [0.3, 0.4) is 0 Å². The van der Waals surface area contributed by atoms with Gasteiger partial charge in [0.2, 0.25) is 5.91 Å². The van der Waals surface area contributed by atoms with Gasteiger partial charge in [-0.15, -0.1) is 10.2 Å². The van der Waals surface area contributed by atoms with Crippen molar-refractivity contribution in [2.45, 2.75) is 71.1 Å². The molecule has 0 bridgehead atoms. The van der Waals surface area contributed by atoms with Gasteiger partial charge in [-0.3, -0.25) is 4.79 Å². The maximum atomic E-state index is 12.1. The normalized spacial score (nSPS) is 12.3. The second-order valence-corrected chi connectivity index (χ2v) is 9.41. The molecule has 0 spiro atoms. The van der Waals surface area contributed by atoms with Crippen LogP contribution in [0.2, 0.25) is 0 Å². The molecule has 2 rings (SSSR count). The molecular weight excluding hydrogens is 344 g/mol. The first-order chi connectivity index (χ1) is 12.0. The van der Waals surface area contributed by atoms with Gasteiger partial charge in [0.15, 0.2) is 11.0 Å². The molecule has 0 fully saturated rings. The zero-order valence-corrected chi connectivity index (χ0v) is 17.7. The Bertz CT molecular complexity index is 752. The maximum absolute atomic E-state index is 12.1. The molecule has 0 saturated carbocycles. The Morgan fingerprint density at radius 3 is 2.19 bits per heavy atom. The number of carbonyl (C=O) groups excluding carboxylic acids is 1. The Balaban J connectivity index is 2.16. The minimum Gasteiger partial charge on any atom is -0.351 e. The summed E-state index contributed by atoms with van der Waals surface area (Å²) in [7, 11) is 0. The van der Waals surface area contributed by atoms with Crippen LogP contribution in [0, 0.1) is 0 Å². The van der Waals surface area contributed by atoms with Gasteiger partial charge >= 0.3 is 0 Å². The van der Waals surface area contributed by atoms with Gasteiger partial charge in [0.1, 0.15) is 0 Å². The van der Waals surface area contributed by atoms with E-state index in [0.29, 0.717) is 5.75 Å². The first-order valence-electron chi connectivity index (χ1n) is 8.99. The van der Waals surface area contributed by atoms with Crippen LogP contribution in [-0.4, -0.2) is 32.0 Å². The van der Waals surface area contributed by atoms with Crippen molar-refractivity contribution in [1.29, 1.82) is 0 Å². The topological polar surface area (TPSA) is 59.8 Å². The van der Waals surface area contributed by atoms with Crippen LogP contribution in [0.25, 0.3) is 11.4 Å². The minimum absolute atomic E-state index is 0.00392. The number of aromatic nitrogens is 3. The van der Waals surface area contributed by atoms with E-state index in [1.54, 1.807) is 0 Å². The number of nitrogens with zero attached hydrogens (tertiary/aromatic N) is 3. The number of hydrogen-bond donors (Lipinski definition) is 1. The Morgan fingerprint density at radius 2 is 1.69 bits per heavy atom. The van der Waals surface area contributed by atoms with Crippen molar-refractivity contribution in [3.05, 3.63) is 29.8 Å². The molecule has 1 amide bonds. The van der Waals surface area contributed by atoms with Gasteiger partial charge < -0.3 is 9.88 Å². The fraction of sp³-hybridized carbons (Fsp3) is 0.550. The molecule has 0 unspecified atom stereocenters. The van der Waals surface area contributed by atoms with Gasteiger partial charge in [-0.25, -0.2) is 0 Å². The largest absolute Gasteiger partial charge is 0.351 e. The first kappa shape index (κ1) is 20.5. The van der Waals surface area contributed by atoms with Crippen molar-refractivity contribution < 1.29 is 4.79 Å². The lowest BCUT2D eigenvalue weighted by atomic mass is 9.87. The van der Waals surface area contributed by atoms with E-state index in [1.807, 2.05) is 20.8 Å². The molecule has 6 heteroatoms. The Kier molecular flexibility index (Phi) is 6.17. The lowest BCUT2D eigenvalue weighted by Gasteiger charge is -2.20. The molecule has 2 aromatic rings. The summed E-state index contributed by atoms with van der Waals surface area (Å²) >= 11 is 1.42. The smallest absolute Gasteiger partial charge is 0.230 e. The number of carbonyl (C=O) groups is 1. The van der Waals surface area contributed by atoms with Gasteiger partial charge in [0, 0.05) is 17.6 Å². The van der Waals surface area contributed by atoms with Crippen LogP contribution >= 0.6 is 11.8 Å². The van der Waals surface area contributed by atoms with Crippen molar-refractivity contribution in [3.8, 4) is 11.4 Å². The molecule has 0 aliphatic carbocycles. The quantitative estimate of drug-likeness (QED) is 0.794. The minimum atomic E-state index is -0.226. The molecule has 0 aliphatic heterocycles. The summed E-state index contributed by atoms with van der Waals surface area (Å²) in [6, 6.07) is 8.48. The summed E-state index contributed by atoms with van der Waals surface area (Å²) in [5, 5.41) is 12.4. The summed E-state index contributed by atoms with van der Waals surface area (Å²) in [6.45, 7) is 15.4. The van der Waals surface area contributed by atoms with Crippen LogP contribution in [0.5, 0.6) is 0 Å². The van der Waals surface area contributed by atoms with Crippen molar-refractivity contribution in [1.82, 2.24) is 20.1 Å². The molecule has 5 nitrogen and oxygen atoms in total. The SMILES string of the molecule is CCn1c(SCC(=O)NC(C)(C)C)nnc1-c1ccc(C(C)(C)C)cc1. The van der Waals surface area contributed by atoms with E-state index in [1.165, 1.54) is 17.3 Å². The van der Waals surface area contributed by atoms with E-state index in [4.69, 9.17) is 0 Å². The standard InChI is InChI=1S/C20H30N4OS/c1-8-24-17(14-9-11-15(12-10-14)19(2,3)4)22-23-18(24)26-13-16(25)21-20(5,6)7/h9-12H,8,13H2,1-7H3,(H,21,25). The highest BCUT2D eigenvalue weighted by atomic mass is 32.2. The molecule has 0 atom stereocenters. The van der Waals surface area contributed by atoms with Crippen LogP contribution in [0.1, 0.15) is 54.0 Å². The zero-order valence-electron chi connectivity index (χ0n) is 16.9. The number of benzene rings is 1. The van der Waals surface area contributed by atoms with Gasteiger partial charge in [0.25, 0.3) is 0 Å². The van der Waals surface area contributed by atoms with Crippen LogP contribution in [0.4, 0.5) is 0 Å². The first-order valence-corrected chi connectivity index (χ1v) is 9.98. The van der Waals surface area contributed by atoms with E-state index < -0.39 is 0 Å². The van der Waals surface area contributed by atoms with Crippen molar-refractivity contribution in [3.63, 3.8) is 0 Å². The van der Waals surface area contributed by atoms with Crippen molar-refractivity contribution in [2.24, 2.45) is 0 Å². The predicted octanol–water partition coefficient (Wildman–Crippen LogP) is 4.27. The molecule has 142 valence electrons. The van der Waals surface area contributed by atoms with E-state index in [-0.39, 0.29) is 16.9 Å². The molecule has 0 saturated heterocycles. The van der Waals surface area contributed by atoms with E-state index in [0.717, 1.165) is 23.1 Å². The molecule has 0 radical (unpaired) electrons. The molecule has 26 heavy (non-hydrogen) atoms. The van der Waals surface area contributed by atoms with Crippen LogP contribution < -0.4 is 5.32 Å². The number of hydrogen-bond acceptors (Lipinski definition) is 4. The summed E-state index contributed by atoms with van der Waals surface area (Å²) in [5.74, 6) is 1.18. The zero-order chi connectivity index (χ0) is 19.5. The predicted molar refractivity (Wildman–Crippen MR) is 108 cm³/mol. The molecule has 1 aromatic carbocycles. The second-order valence-electron chi connectivity index (χ2n) is 8.46. The summed E-state index contributed by atoms with van der Waals surface area (Å²) in [4.78, 5) is 12.1. The van der Waals surface area contributed by atoms with E-state index >= 15 is 0 Å². The highest BCUT2D eigenvalue weighted by Crippen LogP contribution is 2.27. The monoisotopic (exact) mass is 374 g/mol. The Hall–Kier alpha value is -1.82. The van der Waals surface area contributed by atoms with Gasteiger partial charge in [-0.2, -0.15) is 0 Å². The third-order valence-electron chi connectivity index (χ3n) is 3.89. The van der Waals surface area contributed by atoms with Crippen LogP contribution in [-0.2, 0) is 16.8 Å². The highest BCUT2D eigenvalue weighted by Gasteiger charge is 2.18. The highest BCUT2D eigenvalue weighted by molar-refractivity contribution is 7.99.